The standard InChI is InChI=1S/C11H15NO4/c1-15-6-5-12-11(14)8-16-10-4-2-3-9(13)7-10/h2-4,7,13H,5-6,8H2,1H3,(H,12,14). The first-order valence-electron chi connectivity index (χ1n) is 4.90. The van der Waals surface area contributed by atoms with Gasteiger partial charge in [0.2, 0.25) is 0 Å². The number of carbonyl (C=O) groups is 1. The van der Waals surface area contributed by atoms with Crippen LogP contribution in [0.3, 0.4) is 0 Å². The number of hydrogen-bond donors (Lipinski definition) is 2. The van der Waals surface area contributed by atoms with Gasteiger partial charge in [-0.2, -0.15) is 0 Å². The summed E-state index contributed by atoms with van der Waals surface area (Å²) in [5, 5.41) is 11.8. The molecule has 5 heteroatoms. The second-order valence-electron chi connectivity index (χ2n) is 3.13. The van der Waals surface area contributed by atoms with E-state index in [4.69, 9.17) is 14.6 Å². The van der Waals surface area contributed by atoms with E-state index in [-0.39, 0.29) is 18.3 Å². The predicted octanol–water partition coefficient (Wildman–Crippen LogP) is 0.534. The highest BCUT2D eigenvalue weighted by atomic mass is 16.5. The fourth-order valence-electron chi connectivity index (χ4n) is 1.07. The average molecular weight is 225 g/mol. The van der Waals surface area contributed by atoms with E-state index in [9.17, 15) is 4.79 Å². The molecule has 0 aromatic heterocycles. The van der Waals surface area contributed by atoms with Gasteiger partial charge in [-0.05, 0) is 12.1 Å². The Balaban J connectivity index is 2.26. The maximum atomic E-state index is 11.2. The van der Waals surface area contributed by atoms with Gasteiger partial charge in [0.25, 0.3) is 5.91 Å². The smallest absolute Gasteiger partial charge is 0.258 e. The molecule has 0 fully saturated rings. The van der Waals surface area contributed by atoms with E-state index < -0.39 is 0 Å². The van der Waals surface area contributed by atoms with Crippen molar-refractivity contribution in [1.29, 1.82) is 0 Å². The van der Waals surface area contributed by atoms with Gasteiger partial charge in [-0.3, -0.25) is 4.79 Å². The zero-order valence-electron chi connectivity index (χ0n) is 9.10. The van der Waals surface area contributed by atoms with Crippen LogP contribution in [0.15, 0.2) is 24.3 Å². The molecule has 2 N–H and O–H groups in total. The molecule has 0 spiro atoms. The summed E-state index contributed by atoms with van der Waals surface area (Å²) in [5.74, 6) is 0.347. The van der Waals surface area contributed by atoms with Crippen molar-refractivity contribution in [2.75, 3.05) is 26.9 Å². The Labute approximate surface area is 94.0 Å². The van der Waals surface area contributed by atoms with Gasteiger partial charge in [0.05, 0.1) is 6.61 Å². The third-order valence-electron chi connectivity index (χ3n) is 1.82. The second-order valence-corrected chi connectivity index (χ2v) is 3.13. The lowest BCUT2D eigenvalue weighted by Gasteiger charge is -2.07. The number of phenolic OH excluding ortho intramolecular Hbond substituents is 1. The fourth-order valence-corrected chi connectivity index (χ4v) is 1.07. The summed E-state index contributed by atoms with van der Waals surface area (Å²) in [6.45, 7) is 0.851. The summed E-state index contributed by atoms with van der Waals surface area (Å²) in [6, 6.07) is 6.30. The quantitative estimate of drug-likeness (QED) is 0.693. The molecule has 0 atom stereocenters. The van der Waals surface area contributed by atoms with Crippen molar-refractivity contribution in [3.63, 3.8) is 0 Å². The highest BCUT2D eigenvalue weighted by Crippen LogP contribution is 2.17. The molecular formula is C11H15NO4. The van der Waals surface area contributed by atoms with Crippen molar-refractivity contribution in [3.05, 3.63) is 24.3 Å². The van der Waals surface area contributed by atoms with E-state index in [0.717, 1.165) is 0 Å². The first-order valence-corrected chi connectivity index (χ1v) is 4.90. The van der Waals surface area contributed by atoms with Gasteiger partial charge in [0.15, 0.2) is 6.61 Å². The van der Waals surface area contributed by atoms with Crippen LogP contribution in [0.5, 0.6) is 11.5 Å². The van der Waals surface area contributed by atoms with Gasteiger partial charge in [-0.15, -0.1) is 0 Å². The maximum Gasteiger partial charge on any atom is 0.258 e. The van der Waals surface area contributed by atoms with Crippen LogP contribution in [0.2, 0.25) is 0 Å². The Morgan fingerprint density at radius 3 is 3.00 bits per heavy atom. The van der Waals surface area contributed by atoms with E-state index in [0.29, 0.717) is 18.9 Å². The lowest BCUT2D eigenvalue weighted by molar-refractivity contribution is -0.123. The molecule has 5 nitrogen and oxygen atoms in total. The highest BCUT2D eigenvalue weighted by Gasteiger charge is 2.02. The van der Waals surface area contributed by atoms with Crippen LogP contribution in [0.1, 0.15) is 0 Å². The number of benzene rings is 1. The van der Waals surface area contributed by atoms with Gasteiger partial charge in [-0.25, -0.2) is 0 Å². The third kappa shape index (κ3) is 4.65. The zero-order valence-corrected chi connectivity index (χ0v) is 9.10. The Morgan fingerprint density at radius 1 is 1.50 bits per heavy atom. The van der Waals surface area contributed by atoms with Crippen LogP contribution < -0.4 is 10.1 Å². The van der Waals surface area contributed by atoms with Crippen LogP contribution in [-0.2, 0) is 9.53 Å². The van der Waals surface area contributed by atoms with Crippen LogP contribution >= 0.6 is 0 Å². The van der Waals surface area contributed by atoms with Crippen LogP contribution in [0, 0.1) is 0 Å². The molecule has 0 bridgehead atoms. The first kappa shape index (κ1) is 12.3. The summed E-state index contributed by atoms with van der Waals surface area (Å²) in [7, 11) is 1.56. The molecule has 1 aromatic rings. The number of carbonyl (C=O) groups excluding carboxylic acids is 1. The molecule has 1 rings (SSSR count). The molecule has 0 saturated carbocycles. The fraction of sp³-hybridized carbons (Fsp3) is 0.364. The van der Waals surface area contributed by atoms with Gasteiger partial charge in [0, 0.05) is 19.7 Å². The van der Waals surface area contributed by atoms with Gasteiger partial charge in [-0.1, -0.05) is 6.07 Å². The SMILES string of the molecule is COCCNC(=O)COc1cccc(O)c1. The van der Waals surface area contributed by atoms with Crippen LogP contribution in [0.4, 0.5) is 0 Å². The van der Waals surface area contributed by atoms with Crippen molar-refractivity contribution in [3.8, 4) is 11.5 Å². The molecular weight excluding hydrogens is 210 g/mol. The number of amides is 1. The number of rotatable bonds is 6. The molecule has 0 aliphatic rings. The number of methoxy groups -OCH3 is 1. The number of hydrogen-bond acceptors (Lipinski definition) is 4. The number of ether oxygens (including phenoxy) is 2. The van der Waals surface area contributed by atoms with Gasteiger partial charge >= 0.3 is 0 Å². The minimum Gasteiger partial charge on any atom is -0.508 e. The Bertz CT molecular complexity index is 341. The molecule has 0 heterocycles. The number of phenols is 1. The van der Waals surface area contributed by atoms with E-state index in [2.05, 4.69) is 5.32 Å². The molecule has 88 valence electrons. The molecule has 1 aromatic carbocycles. The van der Waals surface area contributed by atoms with E-state index in [1.807, 2.05) is 0 Å². The van der Waals surface area contributed by atoms with Crippen molar-refractivity contribution in [2.45, 2.75) is 0 Å². The Kier molecular flexibility index (Phi) is 5.15. The third-order valence-corrected chi connectivity index (χ3v) is 1.82. The van der Waals surface area contributed by atoms with Crippen LogP contribution in [-0.4, -0.2) is 37.9 Å². The molecule has 16 heavy (non-hydrogen) atoms. The van der Waals surface area contributed by atoms with Gasteiger partial charge in [0.1, 0.15) is 11.5 Å². The maximum absolute atomic E-state index is 11.2. The van der Waals surface area contributed by atoms with Gasteiger partial charge < -0.3 is 19.9 Å². The molecule has 0 aliphatic heterocycles. The van der Waals surface area contributed by atoms with Crippen molar-refractivity contribution < 1.29 is 19.4 Å². The number of nitrogens with one attached hydrogen (secondary N) is 1. The van der Waals surface area contributed by atoms with E-state index in [1.165, 1.54) is 12.1 Å². The first-order chi connectivity index (χ1) is 7.72. The predicted molar refractivity (Wildman–Crippen MR) is 58.5 cm³/mol. The van der Waals surface area contributed by atoms with Crippen molar-refractivity contribution in [2.24, 2.45) is 0 Å². The van der Waals surface area contributed by atoms with Crippen molar-refractivity contribution >= 4 is 5.91 Å². The molecule has 1 amide bonds. The number of aromatic hydroxyl groups is 1. The van der Waals surface area contributed by atoms with Crippen molar-refractivity contribution in [1.82, 2.24) is 5.32 Å². The van der Waals surface area contributed by atoms with E-state index >= 15 is 0 Å². The monoisotopic (exact) mass is 225 g/mol. The minimum atomic E-state index is -0.222. The topological polar surface area (TPSA) is 67.8 Å². The summed E-state index contributed by atoms with van der Waals surface area (Å²) in [5.41, 5.74) is 0. The molecule has 0 saturated heterocycles. The molecule has 0 aliphatic carbocycles. The summed E-state index contributed by atoms with van der Waals surface area (Å²) in [6.07, 6.45) is 0. The van der Waals surface area contributed by atoms with E-state index in [1.54, 1.807) is 19.2 Å². The summed E-state index contributed by atoms with van der Waals surface area (Å²) in [4.78, 5) is 11.2. The summed E-state index contributed by atoms with van der Waals surface area (Å²) >= 11 is 0. The Morgan fingerprint density at radius 2 is 2.31 bits per heavy atom. The zero-order chi connectivity index (χ0) is 11.8. The second kappa shape index (κ2) is 6.68. The molecule has 0 radical (unpaired) electrons. The highest BCUT2D eigenvalue weighted by molar-refractivity contribution is 5.77. The van der Waals surface area contributed by atoms with Crippen LogP contribution in [0.25, 0.3) is 0 Å². The lowest BCUT2D eigenvalue weighted by Crippen LogP contribution is -2.31. The Hall–Kier alpha value is -1.75. The lowest BCUT2D eigenvalue weighted by atomic mass is 10.3. The normalized spacial score (nSPS) is 9.81. The minimum absolute atomic E-state index is 0.0762. The summed E-state index contributed by atoms with van der Waals surface area (Å²) < 4.78 is 9.95. The largest absolute Gasteiger partial charge is 0.508 e. The average Bonchev–Trinajstić information content (AvgIpc) is 2.27. The molecule has 0 unspecified atom stereocenters.